The van der Waals surface area contributed by atoms with Crippen LogP contribution in [0.3, 0.4) is 0 Å². The lowest BCUT2D eigenvalue weighted by atomic mass is 9.76. The van der Waals surface area contributed by atoms with Crippen molar-refractivity contribution in [1.82, 2.24) is 5.32 Å². The smallest absolute Gasteiger partial charge is 0.108 e. The Kier molecular flexibility index (Phi) is 4.87. The predicted molar refractivity (Wildman–Crippen MR) is 75.6 cm³/mol. The number of rotatable bonds is 5. The van der Waals surface area contributed by atoms with Gasteiger partial charge in [-0.1, -0.05) is 33.1 Å². The van der Waals surface area contributed by atoms with Crippen LogP contribution in [0.15, 0.2) is 16.7 Å². The van der Waals surface area contributed by atoms with Crippen molar-refractivity contribution >= 4 is 0 Å². The summed E-state index contributed by atoms with van der Waals surface area (Å²) in [5, 5.41) is 3.52. The van der Waals surface area contributed by atoms with Crippen molar-refractivity contribution in [3.8, 4) is 0 Å². The van der Waals surface area contributed by atoms with Gasteiger partial charge in [-0.3, -0.25) is 0 Å². The maximum atomic E-state index is 5.59. The molecule has 102 valence electrons. The largest absolute Gasteiger partial charge is 0.469 e. The first-order valence-electron chi connectivity index (χ1n) is 7.53. The number of hydrogen-bond donors (Lipinski definition) is 1. The first-order valence-corrected chi connectivity index (χ1v) is 7.53. The highest BCUT2D eigenvalue weighted by Crippen LogP contribution is 2.38. The van der Waals surface area contributed by atoms with E-state index in [0.717, 1.165) is 24.0 Å². The monoisotopic (exact) mass is 249 g/mol. The summed E-state index contributed by atoms with van der Waals surface area (Å²) in [7, 11) is 2.09. The predicted octanol–water partition coefficient (Wildman–Crippen LogP) is 4.32. The first-order chi connectivity index (χ1) is 8.80. The highest BCUT2D eigenvalue weighted by atomic mass is 16.3. The standard InChI is InChI=1S/C16H27NO/c1-4-12-6-8-13(9-7-12)16(17-3)14-10-11-18-15(14)5-2/h10-13,16-17H,4-9H2,1-3H3. The number of aryl methyl sites for hydroxylation is 1. The van der Waals surface area contributed by atoms with Crippen LogP contribution < -0.4 is 5.32 Å². The minimum atomic E-state index is 0.483. The summed E-state index contributed by atoms with van der Waals surface area (Å²) in [4.78, 5) is 0. The second-order valence-electron chi connectivity index (χ2n) is 5.61. The molecule has 1 saturated carbocycles. The SMILES string of the molecule is CCc1occc1C(NC)C1CCC(CC)CC1. The molecule has 0 bridgehead atoms. The highest BCUT2D eigenvalue weighted by Gasteiger charge is 2.28. The lowest BCUT2D eigenvalue weighted by Gasteiger charge is -2.33. The molecule has 1 fully saturated rings. The molecular formula is C16H27NO. The lowest BCUT2D eigenvalue weighted by Crippen LogP contribution is -2.29. The van der Waals surface area contributed by atoms with Crippen LogP contribution in [0.4, 0.5) is 0 Å². The Bertz CT molecular complexity index is 350. The second kappa shape index (κ2) is 6.42. The Morgan fingerprint density at radius 2 is 2.00 bits per heavy atom. The molecule has 1 aromatic rings. The van der Waals surface area contributed by atoms with E-state index in [1.165, 1.54) is 37.7 Å². The van der Waals surface area contributed by atoms with Crippen molar-refractivity contribution < 1.29 is 4.42 Å². The van der Waals surface area contributed by atoms with Crippen LogP contribution in [-0.2, 0) is 6.42 Å². The number of hydrogen-bond acceptors (Lipinski definition) is 2. The number of nitrogens with one attached hydrogen (secondary N) is 1. The molecule has 0 radical (unpaired) electrons. The summed E-state index contributed by atoms with van der Waals surface area (Å²) in [5.74, 6) is 2.90. The lowest BCUT2D eigenvalue weighted by molar-refractivity contribution is 0.223. The van der Waals surface area contributed by atoms with Crippen LogP contribution in [0, 0.1) is 11.8 Å². The normalized spacial score (nSPS) is 26.2. The van der Waals surface area contributed by atoms with Gasteiger partial charge < -0.3 is 9.73 Å². The zero-order valence-electron chi connectivity index (χ0n) is 12.0. The minimum Gasteiger partial charge on any atom is -0.469 e. The van der Waals surface area contributed by atoms with Crippen LogP contribution in [0.2, 0.25) is 0 Å². The molecule has 18 heavy (non-hydrogen) atoms. The van der Waals surface area contributed by atoms with Gasteiger partial charge in [-0.2, -0.15) is 0 Å². The van der Waals surface area contributed by atoms with Crippen molar-refractivity contribution in [2.45, 2.75) is 58.4 Å². The van der Waals surface area contributed by atoms with Crippen LogP contribution >= 0.6 is 0 Å². The molecule has 0 aliphatic heterocycles. The van der Waals surface area contributed by atoms with E-state index < -0.39 is 0 Å². The summed E-state index contributed by atoms with van der Waals surface area (Å²) in [6, 6.07) is 2.64. The molecule has 0 aromatic carbocycles. The Balaban J connectivity index is 2.05. The van der Waals surface area contributed by atoms with Crippen molar-refractivity contribution in [3.05, 3.63) is 23.7 Å². The van der Waals surface area contributed by atoms with Gasteiger partial charge in [0.1, 0.15) is 5.76 Å². The minimum absolute atomic E-state index is 0.483. The third-order valence-corrected chi connectivity index (χ3v) is 4.69. The van der Waals surface area contributed by atoms with Gasteiger partial charge in [-0.15, -0.1) is 0 Å². The maximum absolute atomic E-state index is 5.59. The highest BCUT2D eigenvalue weighted by molar-refractivity contribution is 5.22. The van der Waals surface area contributed by atoms with Gasteiger partial charge in [0.2, 0.25) is 0 Å². The molecule has 1 unspecified atom stereocenters. The van der Waals surface area contributed by atoms with Crippen molar-refractivity contribution in [2.75, 3.05) is 7.05 Å². The fourth-order valence-corrected chi connectivity index (χ4v) is 3.49. The van der Waals surface area contributed by atoms with Crippen LogP contribution in [0.5, 0.6) is 0 Å². The molecule has 0 spiro atoms. The third kappa shape index (κ3) is 2.80. The van der Waals surface area contributed by atoms with Gasteiger partial charge in [0, 0.05) is 18.0 Å². The first kappa shape index (κ1) is 13.7. The average Bonchev–Trinajstić information content (AvgIpc) is 2.89. The molecular weight excluding hydrogens is 222 g/mol. The molecule has 0 amide bonds. The van der Waals surface area contributed by atoms with Crippen LogP contribution in [0.1, 0.15) is 63.3 Å². The topological polar surface area (TPSA) is 25.2 Å². The van der Waals surface area contributed by atoms with Gasteiger partial charge >= 0.3 is 0 Å². The van der Waals surface area contributed by atoms with Crippen molar-refractivity contribution in [1.29, 1.82) is 0 Å². The quantitative estimate of drug-likeness (QED) is 0.840. The maximum Gasteiger partial charge on any atom is 0.108 e. The van der Waals surface area contributed by atoms with E-state index in [1.807, 2.05) is 6.26 Å². The summed E-state index contributed by atoms with van der Waals surface area (Å²) in [5.41, 5.74) is 1.39. The fraction of sp³-hybridized carbons (Fsp3) is 0.750. The van der Waals surface area contributed by atoms with Crippen LogP contribution in [0.25, 0.3) is 0 Å². The van der Waals surface area contributed by atoms with E-state index in [2.05, 4.69) is 32.3 Å². The van der Waals surface area contributed by atoms with E-state index in [4.69, 9.17) is 4.42 Å². The zero-order chi connectivity index (χ0) is 13.0. The Hall–Kier alpha value is -0.760. The molecule has 1 aliphatic rings. The molecule has 1 heterocycles. The molecule has 1 atom stereocenters. The second-order valence-corrected chi connectivity index (χ2v) is 5.61. The Morgan fingerprint density at radius 1 is 1.28 bits per heavy atom. The van der Waals surface area contributed by atoms with E-state index in [1.54, 1.807) is 0 Å². The molecule has 2 rings (SSSR count). The summed E-state index contributed by atoms with van der Waals surface area (Å²) >= 11 is 0. The van der Waals surface area contributed by atoms with Gasteiger partial charge in [0.15, 0.2) is 0 Å². The van der Waals surface area contributed by atoms with Crippen molar-refractivity contribution in [2.24, 2.45) is 11.8 Å². The average molecular weight is 249 g/mol. The fourth-order valence-electron chi connectivity index (χ4n) is 3.49. The van der Waals surface area contributed by atoms with E-state index in [0.29, 0.717) is 6.04 Å². The molecule has 1 aliphatic carbocycles. The molecule has 2 heteroatoms. The van der Waals surface area contributed by atoms with Gasteiger partial charge in [0.25, 0.3) is 0 Å². The van der Waals surface area contributed by atoms with Gasteiger partial charge in [-0.25, -0.2) is 0 Å². The molecule has 2 nitrogen and oxygen atoms in total. The van der Waals surface area contributed by atoms with E-state index in [9.17, 15) is 0 Å². The Labute approximate surface area is 111 Å². The van der Waals surface area contributed by atoms with E-state index in [-0.39, 0.29) is 0 Å². The van der Waals surface area contributed by atoms with Gasteiger partial charge in [0.05, 0.1) is 6.26 Å². The third-order valence-electron chi connectivity index (χ3n) is 4.69. The summed E-state index contributed by atoms with van der Waals surface area (Å²) < 4.78 is 5.59. The van der Waals surface area contributed by atoms with Gasteiger partial charge in [-0.05, 0) is 37.8 Å². The summed E-state index contributed by atoms with van der Waals surface area (Å²) in [6.45, 7) is 4.49. The Morgan fingerprint density at radius 3 is 2.56 bits per heavy atom. The molecule has 0 saturated heterocycles. The van der Waals surface area contributed by atoms with Crippen LogP contribution in [-0.4, -0.2) is 7.05 Å². The molecule has 1 aromatic heterocycles. The zero-order valence-corrected chi connectivity index (χ0v) is 12.0. The van der Waals surface area contributed by atoms with E-state index >= 15 is 0 Å². The number of furan rings is 1. The molecule has 1 N–H and O–H groups in total. The van der Waals surface area contributed by atoms with Crippen molar-refractivity contribution in [3.63, 3.8) is 0 Å². The summed E-state index contributed by atoms with van der Waals surface area (Å²) in [6.07, 6.45) is 9.71.